The molecule has 0 aliphatic heterocycles. The molecule has 6 nitrogen and oxygen atoms in total. The maximum absolute atomic E-state index is 13.0. The van der Waals surface area contributed by atoms with Crippen LogP contribution in [0.25, 0.3) is 11.1 Å². The Morgan fingerprint density at radius 2 is 1.88 bits per heavy atom. The second kappa shape index (κ2) is 6.29. The highest BCUT2D eigenvalue weighted by molar-refractivity contribution is 7.92. The summed E-state index contributed by atoms with van der Waals surface area (Å²) in [6.45, 7) is 2.99. The summed E-state index contributed by atoms with van der Waals surface area (Å²) in [6, 6.07) is 9.20. The predicted molar refractivity (Wildman–Crippen MR) is 90.4 cm³/mol. The van der Waals surface area contributed by atoms with Crippen molar-refractivity contribution in [3.63, 3.8) is 0 Å². The summed E-state index contributed by atoms with van der Waals surface area (Å²) < 4.78 is 43.3. The Morgan fingerprint density at radius 3 is 2.56 bits per heavy atom. The molecule has 0 aliphatic carbocycles. The number of halogens is 1. The largest absolute Gasteiger partial charge is 0.441 e. The number of fused-ring (bicyclic) bond motifs is 1. The van der Waals surface area contributed by atoms with Crippen molar-refractivity contribution >= 4 is 32.5 Å². The van der Waals surface area contributed by atoms with Crippen LogP contribution in [0.5, 0.6) is 0 Å². The molecular formula is C17H15FN2O4S. The molecular weight excluding hydrogens is 347 g/mol. The van der Waals surface area contributed by atoms with Gasteiger partial charge in [0.25, 0.3) is 0 Å². The van der Waals surface area contributed by atoms with Crippen LogP contribution in [0.2, 0.25) is 0 Å². The van der Waals surface area contributed by atoms with E-state index in [1.54, 1.807) is 25.1 Å². The van der Waals surface area contributed by atoms with Crippen LogP contribution in [-0.2, 0) is 14.6 Å². The summed E-state index contributed by atoms with van der Waals surface area (Å²) in [5.41, 5.74) is 1.54. The summed E-state index contributed by atoms with van der Waals surface area (Å²) in [5, 5.41) is 1.22. The molecule has 1 atom stereocenters. The van der Waals surface area contributed by atoms with Crippen molar-refractivity contribution in [3.8, 4) is 0 Å². The molecule has 3 rings (SSSR count). The minimum atomic E-state index is -3.93. The summed E-state index contributed by atoms with van der Waals surface area (Å²) in [5.74, 6) is -0.748. The molecule has 1 N–H and O–H groups in total. The molecule has 1 aromatic heterocycles. The number of hydrogen-bond acceptors (Lipinski definition) is 5. The first-order chi connectivity index (χ1) is 11.8. The first-order valence-electron chi connectivity index (χ1n) is 7.45. The van der Waals surface area contributed by atoms with Crippen molar-refractivity contribution < 1.29 is 22.0 Å². The number of aromatic nitrogens is 1. The molecule has 25 heavy (non-hydrogen) atoms. The second-order valence-electron chi connectivity index (χ2n) is 5.55. The number of nitrogens with one attached hydrogen (secondary N) is 1. The van der Waals surface area contributed by atoms with Crippen molar-refractivity contribution in [1.82, 2.24) is 4.98 Å². The lowest BCUT2D eigenvalue weighted by Gasteiger charge is -2.13. The van der Waals surface area contributed by atoms with Crippen molar-refractivity contribution in [2.75, 3.05) is 5.32 Å². The van der Waals surface area contributed by atoms with Gasteiger partial charge in [0.1, 0.15) is 16.6 Å². The molecule has 2 aromatic carbocycles. The first kappa shape index (κ1) is 17.1. The topological polar surface area (TPSA) is 89.3 Å². The molecule has 1 unspecified atom stereocenters. The van der Waals surface area contributed by atoms with Gasteiger partial charge < -0.3 is 9.73 Å². The van der Waals surface area contributed by atoms with E-state index in [0.717, 1.165) is 24.3 Å². The fourth-order valence-corrected chi connectivity index (χ4v) is 3.60. The maximum atomic E-state index is 13.0. The molecule has 130 valence electrons. The lowest BCUT2D eigenvalue weighted by Crippen LogP contribution is -2.32. The Hall–Kier alpha value is -2.74. The Labute approximate surface area is 143 Å². The van der Waals surface area contributed by atoms with Crippen molar-refractivity contribution in [2.45, 2.75) is 24.0 Å². The van der Waals surface area contributed by atoms with Crippen LogP contribution < -0.4 is 5.32 Å². The summed E-state index contributed by atoms with van der Waals surface area (Å²) in [6.07, 6.45) is 0. The van der Waals surface area contributed by atoms with E-state index >= 15 is 0 Å². The van der Waals surface area contributed by atoms with Gasteiger partial charge in [-0.2, -0.15) is 0 Å². The summed E-state index contributed by atoms with van der Waals surface area (Å²) in [7, 11) is -3.93. The van der Waals surface area contributed by atoms with Crippen LogP contribution in [0.3, 0.4) is 0 Å². The molecule has 0 spiro atoms. The quantitative estimate of drug-likeness (QED) is 0.721. The van der Waals surface area contributed by atoms with Crippen LogP contribution in [0.4, 0.5) is 10.1 Å². The Balaban J connectivity index is 1.82. The van der Waals surface area contributed by atoms with E-state index in [1.165, 1.54) is 6.92 Å². The second-order valence-corrected chi connectivity index (χ2v) is 7.81. The molecule has 8 heteroatoms. The van der Waals surface area contributed by atoms with E-state index in [-0.39, 0.29) is 4.90 Å². The van der Waals surface area contributed by atoms with E-state index in [2.05, 4.69) is 10.3 Å². The highest BCUT2D eigenvalue weighted by atomic mass is 32.2. The average Bonchev–Trinajstić information content (AvgIpc) is 2.93. The third kappa shape index (κ3) is 3.39. The molecule has 3 aromatic rings. The first-order valence-corrected chi connectivity index (χ1v) is 8.99. The Morgan fingerprint density at radius 1 is 1.20 bits per heavy atom. The molecule has 0 fully saturated rings. The highest BCUT2D eigenvalue weighted by Crippen LogP contribution is 2.21. The maximum Gasteiger partial charge on any atom is 0.242 e. The number of anilines is 1. The number of benzene rings is 2. The molecule has 0 saturated carbocycles. The van der Waals surface area contributed by atoms with Gasteiger partial charge in [-0.3, -0.25) is 4.79 Å². The van der Waals surface area contributed by atoms with Crippen LogP contribution in [0.15, 0.2) is 51.8 Å². The highest BCUT2D eigenvalue weighted by Gasteiger charge is 2.30. The van der Waals surface area contributed by atoms with E-state index in [4.69, 9.17) is 4.42 Å². The van der Waals surface area contributed by atoms with Crippen LogP contribution in [0, 0.1) is 12.7 Å². The lowest BCUT2D eigenvalue weighted by atomic mass is 10.3. The number of amides is 1. The zero-order valence-electron chi connectivity index (χ0n) is 13.5. The minimum Gasteiger partial charge on any atom is -0.441 e. The third-order valence-electron chi connectivity index (χ3n) is 3.74. The standard InChI is InChI=1S/C17H15FN2O4S/c1-10(25(22,23)14-6-3-12(18)4-7-14)17(21)20-13-5-8-16-15(9-13)19-11(2)24-16/h3-10H,1-2H3,(H,20,21). The van der Waals surface area contributed by atoms with Gasteiger partial charge in [0.15, 0.2) is 21.3 Å². The zero-order chi connectivity index (χ0) is 18.2. The minimum absolute atomic E-state index is 0.112. The van der Waals surface area contributed by atoms with E-state index in [9.17, 15) is 17.6 Å². The van der Waals surface area contributed by atoms with Crippen LogP contribution in [0.1, 0.15) is 12.8 Å². The van der Waals surface area contributed by atoms with Crippen molar-refractivity contribution in [2.24, 2.45) is 0 Å². The normalized spacial score (nSPS) is 12.9. The van der Waals surface area contributed by atoms with Crippen LogP contribution >= 0.6 is 0 Å². The fourth-order valence-electron chi connectivity index (χ4n) is 2.33. The Bertz CT molecular complexity index is 1040. The van der Waals surface area contributed by atoms with Gasteiger partial charge >= 0.3 is 0 Å². The van der Waals surface area contributed by atoms with E-state index < -0.39 is 26.8 Å². The number of sulfone groups is 1. The number of aryl methyl sites for hydroxylation is 1. The summed E-state index contributed by atoms with van der Waals surface area (Å²) >= 11 is 0. The van der Waals surface area contributed by atoms with Crippen LogP contribution in [-0.4, -0.2) is 24.6 Å². The van der Waals surface area contributed by atoms with E-state index in [0.29, 0.717) is 22.7 Å². The molecule has 0 aliphatic rings. The average molecular weight is 362 g/mol. The lowest BCUT2D eigenvalue weighted by molar-refractivity contribution is -0.115. The smallest absolute Gasteiger partial charge is 0.242 e. The Kier molecular flexibility index (Phi) is 4.30. The molecule has 0 bridgehead atoms. The summed E-state index contributed by atoms with van der Waals surface area (Å²) in [4.78, 5) is 16.4. The monoisotopic (exact) mass is 362 g/mol. The van der Waals surface area contributed by atoms with Gasteiger partial charge in [0.05, 0.1) is 4.90 Å². The predicted octanol–water partition coefficient (Wildman–Crippen LogP) is 3.08. The SMILES string of the molecule is Cc1nc2cc(NC(=O)C(C)S(=O)(=O)c3ccc(F)cc3)ccc2o1. The van der Waals surface area contributed by atoms with Gasteiger partial charge in [0, 0.05) is 12.6 Å². The zero-order valence-corrected chi connectivity index (χ0v) is 14.3. The molecule has 0 saturated heterocycles. The van der Waals surface area contributed by atoms with E-state index in [1.807, 2.05) is 0 Å². The third-order valence-corrected chi connectivity index (χ3v) is 5.81. The number of carbonyl (C=O) groups excluding carboxylic acids is 1. The van der Waals surface area contributed by atoms with Gasteiger partial charge in [-0.25, -0.2) is 17.8 Å². The number of rotatable bonds is 4. The van der Waals surface area contributed by atoms with Gasteiger partial charge in [0.2, 0.25) is 5.91 Å². The van der Waals surface area contributed by atoms with Gasteiger partial charge in [-0.05, 0) is 49.4 Å². The number of carbonyl (C=O) groups is 1. The van der Waals surface area contributed by atoms with Gasteiger partial charge in [-0.15, -0.1) is 0 Å². The fraction of sp³-hybridized carbons (Fsp3) is 0.176. The molecule has 0 radical (unpaired) electrons. The molecule has 1 amide bonds. The number of hydrogen-bond donors (Lipinski definition) is 1. The number of oxazole rings is 1. The van der Waals surface area contributed by atoms with Gasteiger partial charge in [-0.1, -0.05) is 0 Å². The van der Waals surface area contributed by atoms with Crippen molar-refractivity contribution in [1.29, 1.82) is 0 Å². The van der Waals surface area contributed by atoms with Crippen molar-refractivity contribution in [3.05, 3.63) is 54.2 Å². The number of nitrogens with zero attached hydrogens (tertiary/aromatic N) is 1. The molecule has 1 heterocycles.